The van der Waals surface area contributed by atoms with E-state index in [-0.39, 0.29) is 0 Å². The molecule has 1 aromatic rings. The lowest BCUT2D eigenvalue weighted by molar-refractivity contribution is -0.151. The molecule has 0 saturated carbocycles. The van der Waals surface area contributed by atoms with Gasteiger partial charge in [-0.05, 0) is 0 Å². The van der Waals surface area contributed by atoms with Gasteiger partial charge in [0.2, 0.25) is 0 Å². The Balaban J connectivity index is 2.02. The molecule has 1 atom stereocenters. The molecule has 0 spiro atoms. The molecule has 0 aromatic carbocycles. The molecule has 1 saturated heterocycles. The number of aromatic nitrogens is 1. The lowest BCUT2D eigenvalue weighted by Crippen LogP contribution is -2.49. The van der Waals surface area contributed by atoms with E-state index in [1.54, 1.807) is 24.6 Å². The van der Waals surface area contributed by atoms with E-state index in [9.17, 15) is 5.11 Å². The van der Waals surface area contributed by atoms with E-state index in [2.05, 4.69) is 4.98 Å². The van der Waals surface area contributed by atoms with Gasteiger partial charge in [0.25, 0.3) is 0 Å². The Morgan fingerprint density at radius 3 is 2.94 bits per heavy atom. The first kappa shape index (κ1) is 12.0. The van der Waals surface area contributed by atoms with Crippen LogP contribution in [0.3, 0.4) is 0 Å². The minimum Gasteiger partial charge on any atom is -0.390 e. The zero-order chi connectivity index (χ0) is 11.4. The largest absolute Gasteiger partial charge is 0.390 e. The van der Waals surface area contributed by atoms with Gasteiger partial charge < -0.3 is 14.6 Å². The number of thiazole rings is 1. The second-order valence-electron chi connectivity index (χ2n) is 4.03. The summed E-state index contributed by atoms with van der Waals surface area (Å²) < 4.78 is 10.8. The summed E-state index contributed by atoms with van der Waals surface area (Å²) >= 11 is 1.57. The third-order valence-corrected chi connectivity index (χ3v) is 4.01. The monoisotopic (exact) mass is 243 g/mol. The molecule has 5 heteroatoms. The molecule has 90 valence electrons. The highest BCUT2D eigenvalue weighted by Crippen LogP contribution is 2.30. The molecule has 1 unspecified atom stereocenters. The number of ether oxygens (including phenoxy) is 2. The van der Waals surface area contributed by atoms with E-state index in [1.807, 2.05) is 5.38 Å². The van der Waals surface area contributed by atoms with Crippen molar-refractivity contribution in [1.82, 2.24) is 4.98 Å². The molecule has 4 nitrogen and oxygen atoms in total. The molecule has 1 aliphatic heterocycles. The van der Waals surface area contributed by atoms with E-state index < -0.39 is 11.7 Å². The Labute approximate surface area is 99.2 Å². The topological polar surface area (TPSA) is 51.6 Å². The highest BCUT2D eigenvalue weighted by atomic mass is 32.1. The smallest absolute Gasteiger partial charge is 0.0984 e. The highest BCUT2D eigenvalue weighted by molar-refractivity contribution is 7.09. The fourth-order valence-electron chi connectivity index (χ4n) is 2.10. The van der Waals surface area contributed by atoms with Gasteiger partial charge >= 0.3 is 0 Å². The van der Waals surface area contributed by atoms with E-state index in [0.29, 0.717) is 19.6 Å². The minimum absolute atomic E-state index is 0.454. The maximum Gasteiger partial charge on any atom is 0.0984 e. The Kier molecular flexibility index (Phi) is 3.91. The Hall–Kier alpha value is -0.490. The Bertz CT molecular complexity index is 309. The van der Waals surface area contributed by atoms with Crippen LogP contribution in [0.2, 0.25) is 0 Å². The van der Waals surface area contributed by atoms with Crippen molar-refractivity contribution < 1.29 is 14.6 Å². The van der Waals surface area contributed by atoms with Crippen LogP contribution in [0.1, 0.15) is 17.8 Å². The van der Waals surface area contributed by atoms with Crippen molar-refractivity contribution in [2.45, 2.75) is 31.0 Å². The predicted molar refractivity (Wildman–Crippen MR) is 61.6 cm³/mol. The van der Waals surface area contributed by atoms with Crippen LogP contribution in [0, 0.1) is 0 Å². The summed E-state index contributed by atoms with van der Waals surface area (Å²) in [6, 6.07) is 0. The van der Waals surface area contributed by atoms with Crippen LogP contribution in [-0.4, -0.2) is 42.1 Å². The van der Waals surface area contributed by atoms with Crippen LogP contribution in [-0.2, 0) is 15.9 Å². The molecule has 1 fully saturated rings. The van der Waals surface area contributed by atoms with Gasteiger partial charge in [0.1, 0.15) is 0 Å². The molecule has 2 rings (SSSR count). The molecule has 1 N–H and O–H groups in total. The zero-order valence-electron chi connectivity index (χ0n) is 9.39. The summed E-state index contributed by atoms with van der Waals surface area (Å²) in [5.74, 6) is 0. The number of rotatable bonds is 4. The first-order valence-electron chi connectivity index (χ1n) is 5.46. The SMILES string of the molecule is COC1(C(O)Cc2nccs2)CCOCC1. The van der Waals surface area contributed by atoms with Crippen molar-refractivity contribution in [2.24, 2.45) is 0 Å². The molecule has 2 heterocycles. The third kappa shape index (κ3) is 2.43. The highest BCUT2D eigenvalue weighted by Gasteiger charge is 2.40. The number of hydrogen-bond acceptors (Lipinski definition) is 5. The number of hydrogen-bond donors (Lipinski definition) is 1. The van der Waals surface area contributed by atoms with E-state index >= 15 is 0 Å². The van der Waals surface area contributed by atoms with Gasteiger partial charge in [-0.1, -0.05) is 0 Å². The van der Waals surface area contributed by atoms with Crippen LogP contribution in [0.15, 0.2) is 11.6 Å². The molecule has 16 heavy (non-hydrogen) atoms. The molecule has 0 amide bonds. The second-order valence-corrected chi connectivity index (χ2v) is 5.01. The summed E-state index contributed by atoms with van der Waals surface area (Å²) in [6.07, 6.45) is 3.31. The maximum absolute atomic E-state index is 10.3. The number of aliphatic hydroxyl groups is 1. The minimum atomic E-state index is -0.507. The molecule has 1 aromatic heterocycles. The molecular formula is C11H17NO3S. The van der Waals surface area contributed by atoms with Crippen LogP contribution in [0.5, 0.6) is 0 Å². The second kappa shape index (κ2) is 5.23. The van der Waals surface area contributed by atoms with E-state index in [1.165, 1.54) is 0 Å². The van der Waals surface area contributed by atoms with Crippen molar-refractivity contribution in [3.05, 3.63) is 16.6 Å². The van der Waals surface area contributed by atoms with Gasteiger partial charge in [0, 0.05) is 51.2 Å². The predicted octanol–water partition coefficient (Wildman–Crippen LogP) is 1.24. The molecule has 0 radical (unpaired) electrons. The Morgan fingerprint density at radius 1 is 1.62 bits per heavy atom. The van der Waals surface area contributed by atoms with E-state index in [4.69, 9.17) is 9.47 Å². The van der Waals surface area contributed by atoms with Crippen molar-refractivity contribution >= 4 is 11.3 Å². The lowest BCUT2D eigenvalue weighted by atomic mass is 9.86. The van der Waals surface area contributed by atoms with Crippen LogP contribution < -0.4 is 0 Å². The van der Waals surface area contributed by atoms with Gasteiger partial charge in [0.15, 0.2) is 0 Å². The Morgan fingerprint density at radius 2 is 2.38 bits per heavy atom. The molecule has 0 bridgehead atoms. The molecule has 1 aliphatic rings. The number of nitrogens with zero attached hydrogens (tertiary/aromatic N) is 1. The average molecular weight is 243 g/mol. The standard InChI is InChI=1S/C11H17NO3S/c1-14-11(2-5-15-6-3-11)9(13)8-10-12-4-7-16-10/h4,7,9,13H,2-3,5-6,8H2,1H3. The van der Waals surface area contributed by atoms with Gasteiger partial charge in [-0.3, -0.25) is 0 Å². The average Bonchev–Trinajstić information content (AvgIpc) is 2.82. The maximum atomic E-state index is 10.3. The first-order chi connectivity index (χ1) is 7.77. The lowest BCUT2D eigenvalue weighted by Gasteiger charge is -2.39. The van der Waals surface area contributed by atoms with Crippen LogP contribution >= 0.6 is 11.3 Å². The normalized spacial score (nSPS) is 21.9. The number of aliphatic hydroxyl groups excluding tert-OH is 1. The quantitative estimate of drug-likeness (QED) is 0.864. The summed E-state index contributed by atoms with van der Waals surface area (Å²) in [5, 5.41) is 13.2. The van der Waals surface area contributed by atoms with Gasteiger partial charge in [-0.25, -0.2) is 4.98 Å². The fraction of sp³-hybridized carbons (Fsp3) is 0.727. The van der Waals surface area contributed by atoms with Gasteiger partial charge in [0.05, 0.1) is 16.7 Å². The van der Waals surface area contributed by atoms with Crippen molar-refractivity contribution in [2.75, 3.05) is 20.3 Å². The van der Waals surface area contributed by atoms with Crippen LogP contribution in [0.25, 0.3) is 0 Å². The van der Waals surface area contributed by atoms with Crippen molar-refractivity contribution in [3.63, 3.8) is 0 Å². The molecule has 0 aliphatic carbocycles. The number of methoxy groups -OCH3 is 1. The fourth-order valence-corrected chi connectivity index (χ4v) is 2.75. The van der Waals surface area contributed by atoms with Crippen molar-refractivity contribution in [3.8, 4) is 0 Å². The van der Waals surface area contributed by atoms with Gasteiger partial charge in [-0.2, -0.15) is 0 Å². The van der Waals surface area contributed by atoms with E-state index in [0.717, 1.165) is 17.8 Å². The first-order valence-corrected chi connectivity index (χ1v) is 6.34. The van der Waals surface area contributed by atoms with Crippen molar-refractivity contribution in [1.29, 1.82) is 0 Å². The zero-order valence-corrected chi connectivity index (χ0v) is 10.2. The molecular weight excluding hydrogens is 226 g/mol. The summed E-state index contributed by atoms with van der Waals surface area (Å²) in [5.41, 5.74) is -0.454. The third-order valence-electron chi connectivity index (χ3n) is 3.20. The summed E-state index contributed by atoms with van der Waals surface area (Å²) in [6.45, 7) is 1.31. The van der Waals surface area contributed by atoms with Crippen LogP contribution in [0.4, 0.5) is 0 Å². The van der Waals surface area contributed by atoms with Gasteiger partial charge in [-0.15, -0.1) is 11.3 Å². The summed E-state index contributed by atoms with van der Waals surface area (Å²) in [4.78, 5) is 4.19. The summed E-state index contributed by atoms with van der Waals surface area (Å²) in [7, 11) is 1.66.